The zero-order valence-electron chi connectivity index (χ0n) is 17.2. The largest absolute Gasteiger partial charge is 0.353 e. The molecule has 0 atom stereocenters. The standard InChI is InChI=1S/C22H26Cl2N4O2/c1-14-8-16(15(2)28(14)20-10-17(23)9-18(24)11-20)13-25-27-22(30)12-21(29)26-19-6-4-3-5-7-19/h8-11,13,19H,3-7,12H2,1-2H3,(H,26,29)(H,27,30)/b25-13+. The number of aromatic nitrogens is 1. The summed E-state index contributed by atoms with van der Waals surface area (Å²) in [5, 5.41) is 8.05. The number of amides is 2. The molecule has 8 heteroatoms. The van der Waals surface area contributed by atoms with Crippen molar-refractivity contribution in [3.63, 3.8) is 0 Å². The zero-order valence-corrected chi connectivity index (χ0v) is 18.7. The topological polar surface area (TPSA) is 75.5 Å². The highest BCUT2D eigenvalue weighted by molar-refractivity contribution is 6.34. The minimum Gasteiger partial charge on any atom is -0.353 e. The van der Waals surface area contributed by atoms with Gasteiger partial charge < -0.3 is 9.88 Å². The first kappa shape index (κ1) is 22.4. The van der Waals surface area contributed by atoms with E-state index in [0.717, 1.165) is 48.3 Å². The highest BCUT2D eigenvalue weighted by Crippen LogP contribution is 2.26. The molecule has 1 aliphatic rings. The third-order valence-electron chi connectivity index (χ3n) is 5.26. The van der Waals surface area contributed by atoms with Crippen LogP contribution in [0.2, 0.25) is 10.0 Å². The Kier molecular flexibility index (Phi) is 7.56. The molecule has 1 aliphatic carbocycles. The van der Waals surface area contributed by atoms with Crippen LogP contribution in [0.3, 0.4) is 0 Å². The number of halogens is 2. The van der Waals surface area contributed by atoms with Gasteiger partial charge >= 0.3 is 0 Å². The normalized spacial score (nSPS) is 14.8. The molecule has 0 radical (unpaired) electrons. The molecule has 2 amide bonds. The molecule has 0 saturated heterocycles. The third-order valence-corrected chi connectivity index (χ3v) is 5.70. The van der Waals surface area contributed by atoms with Crippen molar-refractivity contribution < 1.29 is 9.59 Å². The fourth-order valence-electron chi connectivity index (χ4n) is 3.87. The molecule has 0 bridgehead atoms. The molecule has 1 heterocycles. The summed E-state index contributed by atoms with van der Waals surface area (Å²) in [7, 11) is 0. The predicted octanol–water partition coefficient (Wildman–Crippen LogP) is 4.69. The fourth-order valence-corrected chi connectivity index (χ4v) is 4.38. The summed E-state index contributed by atoms with van der Waals surface area (Å²) in [6, 6.07) is 7.49. The van der Waals surface area contributed by atoms with Crippen LogP contribution in [0.1, 0.15) is 55.5 Å². The summed E-state index contributed by atoms with van der Waals surface area (Å²) in [4.78, 5) is 24.0. The lowest BCUT2D eigenvalue weighted by Gasteiger charge is -2.22. The van der Waals surface area contributed by atoms with Crippen molar-refractivity contribution in [3.05, 3.63) is 51.3 Å². The van der Waals surface area contributed by atoms with Gasteiger partial charge in [0.1, 0.15) is 6.42 Å². The monoisotopic (exact) mass is 448 g/mol. The number of nitrogens with one attached hydrogen (secondary N) is 2. The number of hydrogen-bond acceptors (Lipinski definition) is 3. The van der Waals surface area contributed by atoms with Gasteiger partial charge in [0.2, 0.25) is 11.8 Å². The molecule has 1 saturated carbocycles. The first-order valence-electron chi connectivity index (χ1n) is 10.1. The lowest BCUT2D eigenvalue weighted by atomic mass is 9.95. The van der Waals surface area contributed by atoms with E-state index in [4.69, 9.17) is 23.2 Å². The average Bonchev–Trinajstić information content (AvgIpc) is 2.95. The van der Waals surface area contributed by atoms with Crippen LogP contribution in [0, 0.1) is 13.8 Å². The van der Waals surface area contributed by atoms with Crippen molar-refractivity contribution in [2.45, 2.75) is 58.4 Å². The minimum absolute atomic E-state index is 0.188. The van der Waals surface area contributed by atoms with E-state index in [2.05, 4.69) is 15.8 Å². The SMILES string of the molecule is Cc1cc(/C=N/NC(=O)CC(=O)NC2CCCCC2)c(C)n1-c1cc(Cl)cc(Cl)c1. The molecule has 1 fully saturated rings. The van der Waals surface area contributed by atoms with E-state index < -0.39 is 5.91 Å². The molecule has 6 nitrogen and oxygen atoms in total. The summed E-state index contributed by atoms with van der Waals surface area (Å²) >= 11 is 12.3. The van der Waals surface area contributed by atoms with Crippen LogP contribution in [0.15, 0.2) is 29.4 Å². The van der Waals surface area contributed by atoms with Gasteiger partial charge in [-0.15, -0.1) is 0 Å². The van der Waals surface area contributed by atoms with E-state index in [9.17, 15) is 9.59 Å². The molecule has 0 spiro atoms. The maximum Gasteiger partial charge on any atom is 0.249 e. The number of hydrazone groups is 1. The van der Waals surface area contributed by atoms with Crippen molar-refractivity contribution in [3.8, 4) is 5.69 Å². The van der Waals surface area contributed by atoms with E-state index in [1.54, 1.807) is 12.3 Å². The third kappa shape index (κ3) is 5.86. The molecule has 0 aliphatic heterocycles. The molecular weight excluding hydrogens is 423 g/mol. The van der Waals surface area contributed by atoms with Gasteiger partial charge in [-0.05, 0) is 51.0 Å². The van der Waals surface area contributed by atoms with Crippen molar-refractivity contribution >= 4 is 41.2 Å². The quantitative estimate of drug-likeness (QED) is 0.382. The van der Waals surface area contributed by atoms with Crippen LogP contribution in [-0.2, 0) is 9.59 Å². The first-order chi connectivity index (χ1) is 14.3. The molecule has 1 aromatic carbocycles. The lowest BCUT2D eigenvalue weighted by Crippen LogP contribution is -2.38. The molecule has 30 heavy (non-hydrogen) atoms. The fraction of sp³-hybridized carbons (Fsp3) is 0.409. The first-order valence-corrected chi connectivity index (χ1v) is 10.9. The van der Waals surface area contributed by atoms with Gasteiger partial charge in [-0.1, -0.05) is 42.5 Å². The Morgan fingerprint density at radius 3 is 2.40 bits per heavy atom. The highest BCUT2D eigenvalue weighted by Gasteiger charge is 2.17. The van der Waals surface area contributed by atoms with Gasteiger partial charge in [0.05, 0.1) is 6.21 Å². The second kappa shape index (κ2) is 10.1. The number of hydrogen-bond donors (Lipinski definition) is 2. The Hall–Kier alpha value is -2.31. The van der Waals surface area contributed by atoms with E-state index in [1.807, 2.05) is 36.6 Å². The maximum absolute atomic E-state index is 12.0. The molecule has 2 N–H and O–H groups in total. The molecule has 160 valence electrons. The van der Waals surface area contributed by atoms with Crippen LogP contribution in [-0.4, -0.2) is 28.6 Å². The Morgan fingerprint density at radius 1 is 1.07 bits per heavy atom. The van der Waals surface area contributed by atoms with E-state index in [1.165, 1.54) is 6.42 Å². The van der Waals surface area contributed by atoms with Crippen LogP contribution >= 0.6 is 23.2 Å². The number of aryl methyl sites for hydroxylation is 1. The molecule has 2 aromatic rings. The van der Waals surface area contributed by atoms with E-state index in [0.29, 0.717) is 10.0 Å². The van der Waals surface area contributed by atoms with Crippen molar-refractivity contribution in [1.29, 1.82) is 0 Å². The number of benzene rings is 1. The summed E-state index contributed by atoms with van der Waals surface area (Å²) in [5.74, 6) is -0.694. The van der Waals surface area contributed by atoms with Crippen LogP contribution < -0.4 is 10.7 Å². The maximum atomic E-state index is 12.0. The molecule has 3 rings (SSSR count). The van der Waals surface area contributed by atoms with Gasteiger partial charge in [-0.2, -0.15) is 5.10 Å². The molecule has 0 unspecified atom stereocenters. The Labute approximate surface area is 186 Å². The van der Waals surface area contributed by atoms with Crippen LogP contribution in [0.4, 0.5) is 0 Å². The van der Waals surface area contributed by atoms with E-state index in [-0.39, 0.29) is 18.4 Å². The summed E-state index contributed by atoms with van der Waals surface area (Å²) < 4.78 is 2.01. The zero-order chi connectivity index (χ0) is 21.7. The van der Waals surface area contributed by atoms with Gasteiger partial charge in [0.25, 0.3) is 0 Å². The number of rotatable bonds is 6. The molecule has 1 aromatic heterocycles. The molecular formula is C22H26Cl2N4O2. The summed E-state index contributed by atoms with van der Waals surface area (Å²) in [6.45, 7) is 3.91. The number of nitrogens with zero attached hydrogens (tertiary/aromatic N) is 2. The summed E-state index contributed by atoms with van der Waals surface area (Å²) in [5.41, 5.74) is 6.03. The average molecular weight is 449 g/mol. The van der Waals surface area contributed by atoms with Gasteiger partial charge in [0.15, 0.2) is 0 Å². The Bertz CT molecular complexity index is 942. The van der Waals surface area contributed by atoms with Crippen molar-refractivity contribution in [2.24, 2.45) is 5.10 Å². The predicted molar refractivity (Wildman–Crippen MR) is 121 cm³/mol. The smallest absolute Gasteiger partial charge is 0.249 e. The summed E-state index contributed by atoms with van der Waals surface area (Å²) in [6.07, 6.45) is 6.78. The van der Waals surface area contributed by atoms with Crippen LogP contribution in [0.5, 0.6) is 0 Å². The Morgan fingerprint density at radius 2 is 1.73 bits per heavy atom. The number of carbonyl (C=O) groups is 2. The van der Waals surface area contributed by atoms with Crippen LogP contribution in [0.25, 0.3) is 5.69 Å². The second-order valence-electron chi connectivity index (χ2n) is 7.66. The van der Waals surface area contributed by atoms with Crippen molar-refractivity contribution in [2.75, 3.05) is 0 Å². The number of carbonyl (C=O) groups excluding carboxylic acids is 2. The second-order valence-corrected chi connectivity index (χ2v) is 8.53. The van der Waals surface area contributed by atoms with Gasteiger partial charge in [-0.3, -0.25) is 9.59 Å². The van der Waals surface area contributed by atoms with Gasteiger partial charge in [-0.25, -0.2) is 5.43 Å². The lowest BCUT2D eigenvalue weighted by molar-refractivity contribution is -0.129. The van der Waals surface area contributed by atoms with E-state index >= 15 is 0 Å². The Balaban J connectivity index is 1.59. The highest BCUT2D eigenvalue weighted by atomic mass is 35.5. The van der Waals surface area contributed by atoms with Gasteiger partial charge in [0, 0.05) is 38.7 Å². The minimum atomic E-state index is -0.435. The van der Waals surface area contributed by atoms with Crippen molar-refractivity contribution in [1.82, 2.24) is 15.3 Å².